The van der Waals surface area contributed by atoms with E-state index in [9.17, 15) is 18.0 Å². The molecule has 2 heterocycles. The molecule has 0 atom stereocenters. The van der Waals surface area contributed by atoms with Gasteiger partial charge in [0.2, 0.25) is 0 Å². The van der Waals surface area contributed by atoms with E-state index < -0.39 is 18.1 Å². The fourth-order valence-corrected chi connectivity index (χ4v) is 1.36. The number of aliphatic carboxylic acids is 2. The van der Waals surface area contributed by atoms with Crippen LogP contribution in [-0.2, 0) is 16.1 Å². The molecule has 124 valence electrons. The smallest absolute Gasteiger partial charge is 0.430 e. The van der Waals surface area contributed by atoms with Crippen molar-refractivity contribution >= 4 is 11.9 Å². The van der Waals surface area contributed by atoms with Crippen LogP contribution in [0.1, 0.15) is 6.42 Å². The third kappa shape index (κ3) is 6.59. The highest BCUT2D eigenvalue weighted by Gasteiger charge is 2.28. The predicted octanol–water partition coefficient (Wildman–Crippen LogP) is 0.402. The van der Waals surface area contributed by atoms with Gasteiger partial charge in [-0.25, -0.2) is 4.57 Å². The lowest BCUT2D eigenvalue weighted by atomic mass is 10.2. The van der Waals surface area contributed by atoms with Gasteiger partial charge in [-0.15, -0.1) is 0 Å². The molecule has 0 bridgehead atoms. The number of hydrogen-bond acceptors (Lipinski definition) is 5. The minimum atomic E-state index is -5.19. The highest BCUT2D eigenvalue weighted by molar-refractivity contribution is 5.70. The average Bonchev–Trinajstić information content (AvgIpc) is 2.99. The average molecular weight is 332 g/mol. The molecule has 2 aromatic heterocycles. The number of halogens is 3. The minimum Gasteiger partial charge on any atom is -0.542 e. The summed E-state index contributed by atoms with van der Waals surface area (Å²) in [7, 11) is 0. The quantitative estimate of drug-likeness (QED) is 0.812. The molecule has 0 unspecified atom stereocenters. The van der Waals surface area contributed by atoms with Crippen molar-refractivity contribution in [3.63, 3.8) is 0 Å². The monoisotopic (exact) mass is 332 g/mol. The Morgan fingerprint density at radius 2 is 1.83 bits per heavy atom. The summed E-state index contributed by atoms with van der Waals surface area (Å²) in [5, 5.41) is 20.9. The summed E-state index contributed by atoms with van der Waals surface area (Å²) in [6.45, 7) is 0.464. The first-order valence-corrected chi connectivity index (χ1v) is 6.10. The molecule has 0 aliphatic rings. The molecule has 0 saturated carbocycles. The number of alkyl halides is 3. The van der Waals surface area contributed by atoms with Gasteiger partial charge in [-0.3, -0.25) is 4.79 Å². The van der Waals surface area contributed by atoms with Crippen molar-refractivity contribution in [3.05, 3.63) is 36.8 Å². The first-order chi connectivity index (χ1) is 10.7. The van der Waals surface area contributed by atoms with Crippen molar-refractivity contribution in [2.75, 3.05) is 0 Å². The number of carbonyl (C=O) groups excluding carboxylic acids is 1. The summed E-state index contributed by atoms with van der Waals surface area (Å²) in [6.07, 6.45) is 0.148. The van der Waals surface area contributed by atoms with Crippen LogP contribution in [0, 0.1) is 0 Å². The Balaban J connectivity index is 0.000000322. The second-order valence-corrected chi connectivity index (χ2v) is 4.13. The summed E-state index contributed by atoms with van der Waals surface area (Å²) in [6, 6.07) is 5.50. The van der Waals surface area contributed by atoms with Crippen LogP contribution in [0.15, 0.2) is 41.3 Å². The maximum absolute atomic E-state index is 10.5. The van der Waals surface area contributed by atoms with Gasteiger partial charge in [0.15, 0.2) is 24.7 Å². The molecule has 0 spiro atoms. The van der Waals surface area contributed by atoms with Crippen molar-refractivity contribution in [1.82, 2.24) is 5.16 Å². The van der Waals surface area contributed by atoms with Crippen molar-refractivity contribution in [3.8, 4) is 11.3 Å². The standard InChI is InChI=1S/C11H10N2O3.C2HF3O2/c14-11(15)4-8-13-6-2-9(3-7-13)10-1-5-12-16-10;3-2(4,5)1(6)7/h1-3,5-7H,4,8H2;(H,6,7). The number of aryl methyl sites for hydroxylation is 1. The highest BCUT2D eigenvalue weighted by Crippen LogP contribution is 2.15. The Morgan fingerprint density at radius 1 is 1.26 bits per heavy atom. The number of hydrogen-bond donors (Lipinski definition) is 1. The first kappa shape index (κ1) is 18.1. The van der Waals surface area contributed by atoms with E-state index >= 15 is 0 Å². The fraction of sp³-hybridized carbons (Fsp3) is 0.231. The molecule has 0 radical (unpaired) electrons. The summed E-state index contributed by atoms with van der Waals surface area (Å²) >= 11 is 0. The summed E-state index contributed by atoms with van der Waals surface area (Å²) in [5.41, 5.74) is 0.920. The Morgan fingerprint density at radius 3 is 2.22 bits per heavy atom. The zero-order chi connectivity index (χ0) is 17.5. The number of pyridine rings is 1. The maximum Gasteiger partial charge on any atom is 0.430 e. The van der Waals surface area contributed by atoms with E-state index in [1.54, 1.807) is 12.3 Å². The Hall–Kier alpha value is -2.91. The van der Waals surface area contributed by atoms with E-state index in [2.05, 4.69) is 5.16 Å². The number of carbonyl (C=O) groups is 2. The van der Waals surface area contributed by atoms with Crippen LogP contribution in [0.3, 0.4) is 0 Å². The molecule has 2 aromatic rings. The van der Waals surface area contributed by atoms with E-state index in [-0.39, 0.29) is 6.42 Å². The molecule has 10 heteroatoms. The van der Waals surface area contributed by atoms with Crippen molar-refractivity contribution in [2.24, 2.45) is 0 Å². The van der Waals surface area contributed by atoms with Crippen LogP contribution in [0.2, 0.25) is 0 Å². The molecule has 0 saturated heterocycles. The van der Waals surface area contributed by atoms with Crippen molar-refractivity contribution in [2.45, 2.75) is 19.1 Å². The van der Waals surface area contributed by atoms with Crippen LogP contribution in [-0.4, -0.2) is 28.4 Å². The van der Waals surface area contributed by atoms with Gasteiger partial charge in [0.05, 0.1) is 6.20 Å². The highest BCUT2D eigenvalue weighted by atomic mass is 19.4. The lowest BCUT2D eigenvalue weighted by Crippen LogP contribution is -2.37. The maximum atomic E-state index is 10.5. The molecule has 0 aromatic carbocycles. The molecule has 2 rings (SSSR count). The number of aromatic nitrogens is 2. The lowest BCUT2D eigenvalue weighted by molar-refractivity contribution is -0.695. The third-order valence-corrected chi connectivity index (χ3v) is 2.43. The SMILES string of the molecule is O=C(O)CC[n+]1ccc(-c2ccno2)cc1.O=C([O-])C(F)(F)F. The number of rotatable bonds is 4. The van der Waals surface area contributed by atoms with Gasteiger partial charge in [-0.1, -0.05) is 5.16 Å². The molecular formula is C13H11F3N2O5. The topological polar surface area (TPSA) is 107 Å². The zero-order valence-corrected chi connectivity index (χ0v) is 11.5. The summed E-state index contributed by atoms with van der Waals surface area (Å²) < 4.78 is 38.4. The van der Waals surface area contributed by atoms with Gasteiger partial charge < -0.3 is 19.5 Å². The fourth-order valence-electron chi connectivity index (χ4n) is 1.36. The summed E-state index contributed by atoms with van der Waals surface area (Å²) in [4.78, 5) is 19.2. The minimum absolute atomic E-state index is 0.117. The van der Waals surface area contributed by atoms with E-state index in [0.717, 1.165) is 5.56 Å². The Bertz CT molecular complexity index is 639. The molecule has 0 amide bonds. The van der Waals surface area contributed by atoms with E-state index in [4.69, 9.17) is 19.5 Å². The number of carboxylic acid groups (broad SMARTS) is 2. The van der Waals surface area contributed by atoms with E-state index in [0.29, 0.717) is 12.3 Å². The predicted molar refractivity (Wildman–Crippen MR) is 65.4 cm³/mol. The Kier molecular flexibility index (Phi) is 6.24. The normalized spacial score (nSPS) is 10.6. The van der Waals surface area contributed by atoms with Gasteiger partial charge in [-0.05, 0) is 0 Å². The molecule has 0 fully saturated rings. The first-order valence-electron chi connectivity index (χ1n) is 6.10. The number of carboxylic acids is 2. The molecule has 0 aliphatic carbocycles. The second kappa shape index (κ2) is 7.92. The van der Waals surface area contributed by atoms with E-state index in [1.165, 1.54) is 0 Å². The largest absolute Gasteiger partial charge is 0.542 e. The van der Waals surface area contributed by atoms with Crippen LogP contribution < -0.4 is 9.67 Å². The second-order valence-electron chi connectivity index (χ2n) is 4.13. The lowest BCUT2D eigenvalue weighted by Gasteiger charge is -2.03. The van der Waals surface area contributed by atoms with Crippen LogP contribution in [0.5, 0.6) is 0 Å². The van der Waals surface area contributed by atoms with Crippen LogP contribution in [0.25, 0.3) is 11.3 Å². The molecule has 23 heavy (non-hydrogen) atoms. The molecule has 0 aliphatic heterocycles. The van der Waals surface area contributed by atoms with Gasteiger partial charge in [-0.2, -0.15) is 13.2 Å². The summed E-state index contributed by atoms with van der Waals surface area (Å²) in [5.74, 6) is -3.11. The van der Waals surface area contributed by atoms with Gasteiger partial charge >= 0.3 is 12.1 Å². The van der Waals surface area contributed by atoms with Crippen LogP contribution in [0.4, 0.5) is 13.2 Å². The number of nitrogens with zero attached hydrogens (tertiary/aromatic N) is 2. The third-order valence-electron chi connectivity index (χ3n) is 2.43. The van der Waals surface area contributed by atoms with Crippen LogP contribution >= 0.6 is 0 Å². The zero-order valence-electron chi connectivity index (χ0n) is 11.5. The van der Waals surface area contributed by atoms with Crippen molar-refractivity contribution in [1.29, 1.82) is 0 Å². The molecular weight excluding hydrogens is 321 g/mol. The Labute approximate surface area is 127 Å². The van der Waals surface area contributed by atoms with Crippen molar-refractivity contribution < 1.29 is 42.1 Å². The molecule has 7 nitrogen and oxygen atoms in total. The van der Waals surface area contributed by atoms with Gasteiger partial charge in [0.1, 0.15) is 12.4 Å². The van der Waals surface area contributed by atoms with Gasteiger partial charge in [0, 0.05) is 23.8 Å². The van der Waals surface area contributed by atoms with E-state index in [1.807, 2.05) is 29.1 Å². The molecule has 1 N–H and O–H groups in total. The van der Waals surface area contributed by atoms with Gasteiger partial charge in [0.25, 0.3) is 0 Å².